The summed E-state index contributed by atoms with van der Waals surface area (Å²) in [6.07, 6.45) is -0.358. The molecule has 0 radical (unpaired) electrons. The topological polar surface area (TPSA) is 66.8 Å². The molecule has 5 nitrogen and oxygen atoms in total. The van der Waals surface area contributed by atoms with Crippen LogP contribution in [0.4, 0.5) is 4.79 Å². The molecule has 124 valence electrons. The molecule has 1 atom stereocenters. The normalized spacial score (nSPS) is 16.4. The Kier molecular flexibility index (Phi) is 4.85. The molecule has 1 aliphatic heterocycles. The van der Waals surface area contributed by atoms with Crippen LogP contribution in [0.2, 0.25) is 0 Å². The van der Waals surface area contributed by atoms with E-state index in [9.17, 15) is 14.7 Å². The van der Waals surface area contributed by atoms with Crippen LogP contribution in [-0.2, 0) is 29.1 Å². The van der Waals surface area contributed by atoms with Crippen LogP contribution in [0.5, 0.6) is 0 Å². The average Bonchev–Trinajstić information content (AvgIpc) is 2.60. The van der Waals surface area contributed by atoms with Crippen molar-refractivity contribution in [3.05, 3.63) is 69.7 Å². The molecule has 0 fully saturated rings. The molecule has 1 amide bonds. The minimum Gasteiger partial charge on any atom is -0.480 e. The highest BCUT2D eigenvalue weighted by molar-refractivity contribution is 9.10. The highest BCUT2D eigenvalue weighted by Crippen LogP contribution is 2.30. The third-order valence-corrected chi connectivity index (χ3v) is 4.80. The van der Waals surface area contributed by atoms with Crippen molar-refractivity contribution in [2.75, 3.05) is 0 Å². The Hall–Kier alpha value is -2.34. The molecule has 1 unspecified atom stereocenters. The molecule has 6 heteroatoms. The first-order chi connectivity index (χ1) is 11.6. The summed E-state index contributed by atoms with van der Waals surface area (Å²) in [5, 5.41) is 9.49. The summed E-state index contributed by atoms with van der Waals surface area (Å²) in [7, 11) is 0. The van der Waals surface area contributed by atoms with Crippen LogP contribution in [0.3, 0.4) is 0 Å². The molecule has 1 aliphatic rings. The number of carboxylic acid groups (broad SMARTS) is 1. The number of ether oxygens (including phenoxy) is 1. The Morgan fingerprint density at radius 2 is 1.92 bits per heavy atom. The fraction of sp³-hybridized carbons (Fsp3) is 0.222. The van der Waals surface area contributed by atoms with Gasteiger partial charge in [0.2, 0.25) is 0 Å². The third kappa shape index (κ3) is 3.43. The first-order valence-electron chi connectivity index (χ1n) is 7.52. The molecule has 0 saturated heterocycles. The van der Waals surface area contributed by atoms with Crippen LogP contribution < -0.4 is 0 Å². The van der Waals surface area contributed by atoms with Gasteiger partial charge in [0.25, 0.3) is 0 Å². The summed E-state index contributed by atoms with van der Waals surface area (Å²) in [6.45, 7) is 0.340. The lowest BCUT2D eigenvalue weighted by atomic mass is 9.94. The molecule has 0 spiro atoms. The lowest BCUT2D eigenvalue weighted by Gasteiger charge is -2.34. The minimum absolute atomic E-state index is 0.119. The molecule has 0 saturated carbocycles. The fourth-order valence-corrected chi connectivity index (χ4v) is 3.36. The van der Waals surface area contributed by atoms with Crippen LogP contribution in [0.25, 0.3) is 0 Å². The molecule has 0 aromatic heterocycles. The third-order valence-electron chi connectivity index (χ3n) is 4.05. The van der Waals surface area contributed by atoms with Crippen molar-refractivity contribution in [2.24, 2.45) is 0 Å². The van der Waals surface area contributed by atoms with Gasteiger partial charge in [-0.3, -0.25) is 4.90 Å². The number of benzene rings is 2. The van der Waals surface area contributed by atoms with Gasteiger partial charge in [-0.25, -0.2) is 9.59 Å². The number of nitrogens with zero attached hydrogens (tertiary/aromatic N) is 1. The van der Waals surface area contributed by atoms with Crippen molar-refractivity contribution in [3.63, 3.8) is 0 Å². The van der Waals surface area contributed by atoms with Crippen LogP contribution in [0.1, 0.15) is 16.7 Å². The Balaban J connectivity index is 1.77. The van der Waals surface area contributed by atoms with E-state index in [-0.39, 0.29) is 19.6 Å². The van der Waals surface area contributed by atoms with Gasteiger partial charge in [-0.05, 0) is 22.8 Å². The first kappa shape index (κ1) is 16.5. The standard InChI is InChI=1S/C18H16BrNO4/c19-15-8-4-7-13-10-20(16(17(21)22)9-14(13)15)18(23)24-11-12-5-2-1-3-6-12/h1-8,16H,9-11H2,(H,21,22). The second-order valence-electron chi connectivity index (χ2n) is 5.60. The predicted molar refractivity (Wildman–Crippen MR) is 91.4 cm³/mol. The number of halogens is 1. The Bertz CT molecular complexity index is 763. The lowest BCUT2D eigenvalue weighted by molar-refractivity contribution is -0.143. The number of amides is 1. The number of carbonyl (C=O) groups excluding carboxylic acids is 1. The zero-order valence-electron chi connectivity index (χ0n) is 12.8. The van der Waals surface area contributed by atoms with E-state index in [1.807, 2.05) is 48.5 Å². The van der Waals surface area contributed by atoms with Crippen molar-refractivity contribution in [3.8, 4) is 0 Å². The predicted octanol–water partition coefficient (Wildman–Crippen LogP) is 3.60. The molecule has 2 aromatic rings. The fourth-order valence-electron chi connectivity index (χ4n) is 2.79. The van der Waals surface area contributed by atoms with Gasteiger partial charge >= 0.3 is 12.1 Å². The Morgan fingerprint density at radius 1 is 1.17 bits per heavy atom. The van der Waals surface area contributed by atoms with Gasteiger partial charge in [0.05, 0.1) is 6.54 Å². The van der Waals surface area contributed by atoms with Crippen molar-refractivity contribution in [1.82, 2.24) is 4.90 Å². The molecular weight excluding hydrogens is 374 g/mol. The zero-order valence-corrected chi connectivity index (χ0v) is 14.4. The van der Waals surface area contributed by atoms with E-state index in [0.717, 1.165) is 21.2 Å². The summed E-state index contributed by atoms with van der Waals surface area (Å²) in [4.78, 5) is 25.3. The SMILES string of the molecule is O=C(O)C1Cc2c(Br)cccc2CN1C(=O)OCc1ccccc1. The molecule has 24 heavy (non-hydrogen) atoms. The van der Waals surface area contributed by atoms with E-state index in [0.29, 0.717) is 0 Å². The van der Waals surface area contributed by atoms with E-state index in [4.69, 9.17) is 4.74 Å². The van der Waals surface area contributed by atoms with Gasteiger partial charge in [-0.1, -0.05) is 58.4 Å². The molecule has 0 aliphatic carbocycles. The number of aliphatic carboxylic acids is 1. The number of hydrogen-bond donors (Lipinski definition) is 1. The average molecular weight is 390 g/mol. The van der Waals surface area contributed by atoms with E-state index in [2.05, 4.69) is 15.9 Å². The van der Waals surface area contributed by atoms with Gasteiger partial charge in [-0.15, -0.1) is 0 Å². The van der Waals surface area contributed by atoms with E-state index < -0.39 is 18.1 Å². The molecule has 0 bridgehead atoms. The van der Waals surface area contributed by atoms with E-state index in [1.165, 1.54) is 4.90 Å². The minimum atomic E-state index is -1.03. The highest BCUT2D eigenvalue weighted by atomic mass is 79.9. The van der Waals surface area contributed by atoms with Crippen LogP contribution in [0.15, 0.2) is 53.0 Å². The molecule has 3 rings (SSSR count). The van der Waals surface area contributed by atoms with E-state index >= 15 is 0 Å². The van der Waals surface area contributed by atoms with Crippen molar-refractivity contribution < 1.29 is 19.4 Å². The Labute approximate surface area is 148 Å². The Morgan fingerprint density at radius 3 is 2.62 bits per heavy atom. The van der Waals surface area contributed by atoms with Crippen LogP contribution in [0, 0.1) is 0 Å². The van der Waals surface area contributed by atoms with Gasteiger partial charge in [0.1, 0.15) is 12.6 Å². The summed E-state index contributed by atoms with van der Waals surface area (Å²) >= 11 is 3.45. The maximum Gasteiger partial charge on any atom is 0.411 e. The lowest BCUT2D eigenvalue weighted by Crippen LogP contribution is -2.48. The zero-order chi connectivity index (χ0) is 17.1. The first-order valence-corrected chi connectivity index (χ1v) is 8.32. The summed E-state index contributed by atoms with van der Waals surface area (Å²) in [5.41, 5.74) is 2.72. The second kappa shape index (κ2) is 7.05. The van der Waals surface area contributed by atoms with Crippen LogP contribution in [-0.4, -0.2) is 28.1 Å². The number of fused-ring (bicyclic) bond motifs is 1. The second-order valence-corrected chi connectivity index (χ2v) is 6.46. The number of carbonyl (C=O) groups is 2. The maximum atomic E-state index is 12.4. The largest absolute Gasteiger partial charge is 0.480 e. The van der Waals surface area contributed by atoms with Crippen molar-refractivity contribution >= 4 is 28.0 Å². The number of rotatable bonds is 3. The van der Waals surface area contributed by atoms with E-state index in [1.54, 1.807) is 0 Å². The monoisotopic (exact) mass is 389 g/mol. The van der Waals surface area contributed by atoms with Crippen LogP contribution >= 0.6 is 15.9 Å². The molecule has 2 aromatic carbocycles. The van der Waals surface area contributed by atoms with Gasteiger partial charge in [0, 0.05) is 10.9 Å². The quantitative estimate of drug-likeness (QED) is 0.870. The van der Waals surface area contributed by atoms with Crippen molar-refractivity contribution in [2.45, 2.75) is 25.6 Å². The van der Waals surface area contributed by atoms with Gasteiger partial charge in [0.15, 0.2) is 0 Å². The van der Waals surface area contributed by atoms with Gasteiger partial charge in [-0.2, -0.15) is 0 Å². The van der Waals surface area contributed by atoms with Gasteiger partial charge < -0.3 is 9.84 Å². The van der Waals surface area contributed by atoms with Crippen molar-refractivity contribution in [1.29, 1.82) is 0 Å². The molecule has 1 N–H and O–H groups in total. The maximum absolute atomic E-state index is 12.4. The molecular formula is C18H16BrNO4. The highest BCUT2D eigenvalue weighted by Gasteiger charge is 2.36. The molecule has 1 heterocycles. The summed E-state index contributed by atoms with van der Waals surface area (Å²) in [5.74, 6) is -1.03. The summed E-state index contributed by atoms with van der Waals surface area (Å²) in [6, 6.07) is 14.0. The smallest absolute Gasteiger partial charge is 0.411 e. The number of carboxylic acids is 1. The number of hydrogen-bond acceptors (Lipinski definition) is 3. The summed E-state index contributed by atoms with van der Waals surface area (Å²) < 4.78 is 6.17.